The normalized spacial score (nSPS) is 17.3. The third-order valence-electron chi connectivity index (χ3n) is 4.28. The van der Waals surface area contributed by atoms with Gasteiger partial charge >= 0.3 is 0 Å². The summed E-state index contributed by atoms with van der Waals surface area (Å²) in [4.78, 5) is 0. The van der Waals surface area contributed by atoms with Crippen molar-refractivity contribution in [1.82, 2.24) is 15.5 Å². The number of aryl methyl sites for hydroxylation is 3. The monoisotopic (exact) mass is 301 g/mol. The lowest BCUT2D eigenvalue weighted by atomic mass is 9.89. The molecule has 0 bridgehead atoms. The van der Waals surface area contributed by atoms with Crippen molar-refractivity contribution in [2.75, 3.05) is 0 Å². The Morgan fingerprint density at radius 1 is 1.05 bits per heavy atom. The average molecular weight is 301 g/mol. The van der Waals surface area contributed by atoms with Gasteiger partial charge in [0, 0.05) is 6.04 Å². The molecule has 21 heavy (non-hydrogen) atoms. The van der Waals surface area contributed by atoms with E-state index >= 15 is 0 Å². The highest BCUT2D eigenvalue weighted by Gasteiger charge is 2.16. The molecule has 2 aromatic rings. The molecule has 4 heteroatoms. The van der Waals surface area contributed by atoms with Crippen molar-refractivity contribution in [2.45, 2.75) is 58.5 Å². The maximum absolute atomic E-state index is 4.24. The quantitative estimate of drug-likeness (QED) is 0.922. The number of nitrogens with one attached hydrogen (secondary N) is 1. The van der Waals surface area contributed by atoms with Crippen molar-refractivity contribution in [3.8, 4) is 0 Å². The molecule has 1 aliphatic rings. The maximum atomic E-state index is 4.24. The second-order valence-electron chi connectivity index (χ2n) is 6.00. The van der Waals surface area contributed by atoms with Gasteiger partial charge in [-0.1, -0.05) is 18.2 Å². The fourth-order valence-corrected chi connectivity index (χ4v) is 3.76. The van der Waals surface area contributed by atoms with Crippen LogP contribution in [0.3, 0.4) is 0 Å². The van der Waals surface area contributed by atoms with Crippen molar-refractivity contribution in [3.63, 3.8) is 0 Å². The van der Waals surface area contributed by atoms with Gasteiger partial charge in [0.25, 0.3) is 0 Å². The summed E-state index contributed by atoms with van der Waals surface area (Å²) in [6.45, 7) is 6.39. The average Bonchev–Trinajstić information content (AvgIpc) is 2.93. The van der Waals surface area contributed by atoms with Gasteiger partial charge in [0.1, 0.15) is 10.0 Å². The second kappa shape index (κ2) is 6.24. The van der Waals surface area contributed by atoms with Crippen molar-refractivity contribution in [3.05, 3.63) is 44.9 Å². The fraction of sp³-hybridized carbons (Fsp3) is 0.529. The maximum Gasteiger partial charge on any atom is 0.134 e. The number of benzene rings is 1. The predicted octanol–water partition coefficient (Wildman–Crippen LogP) is 4.14. The first-order chi connectivity index (χ1) is 10.1. The molecule has 0 aliphatic heterocycles. The summed E-state index contributed by atoms with van der Waals surface area (Å²) < 4.78 is 0. The predicted molar refractivity (Wildman–Crippen MR) is 87.7 cm³/mol. The molecule has 0 saturated heterocycles. The largest absolute Gasteiger partial charge is 0.301 e. The van der Waals surface area contributed by atoms with Crippen molar-refractivity contribution in [1.29, 1.82) is 0 Å². The first-order valence-electron chi connectivity index (χ1n) is 7.81. The van der Waals surface area contributed by atoms with Gasteiger partial charge in [0.2, 0.25) is 0 Å². The van der Waals surface area contributed by atoms with E-state index in [1.165, 1.54) is 31.2 Å². The molecule has 3 nitrogen and oxygen atoms in total. The lowest BCUT2D eigenvalue weighted by Gasteiger charge is -2.22. The minimum atomic E-state index is 0.238. The Balaban J connectivity index is 1.71. The summed E-state index contributed by atoms with van der Waals surface area (Å²) in [7, 11) is 0. The third-order valence-corrected chi connectivity index (χ3v) is 5.31. The summed E-state index contributed by atoms with van der Waals surface area (Å²) in [6, 6.07) is 7.56. The Hall–Kier alpha value is -1.26. The van der Waals surface area contributed by atoms with Gasteiger partial charge in [-0.2, -0.15) is 0 Å². The minimum absolute atomic E-state index is 0.238. The zero-order valence-corrected chi connectivity index (χ0v) is 13.8. The van der Waals surface area contributed by atoms with E-state index in [0.29, 0.717) is 6.04 Å². The number of nitrogens with zero attached hydrogens (tertiary/aromatic N) is 2. The fourth-order valence-electron chi connectivity index (χ4n) is 3.05. The Labute approximate surface area is 130 Å². The molecule has 112 valence electrons. The summed E-state index contributed by atoms with van der Waals surface area (Å²) in [5.74, 6) is 0. The molecular formula is C17H23N3S. The third kappa shape index (κ3) is 3.33. The molecule has 0 amide bonds. The number of fused-ring (bicyclic) bond motifs is 1. The van der Waals surface area contributed by atoms with Crippen LogP contribution in [0.5, 0.6) is 0 Å². The van der Waals surface area contributed by atoms with Gasteiger partial charge < -0.3 is 5.32 Å². The lowest BCUT2D eigenvalue weighted by molar-refractivity contribution is 0.490. The topological polar surface area (TPSA) is 37.8 Å². The van der Waals surface area contributed by atoms with Crippen LogP contribution in [0, 0.1) is 6.92 Å². The Bertz CT molecular complexity index is 620. The van der Waals surface area contributed by atoms with Gasteiger partial charge in [-0.25, -0.2) is 0 Å². The zero-order chi connectivity index (χ0) is 14.8. The van der Waals surface area contributed by atoms with Crippen LogP contribution in [0.1, 0.15) is 65.5 Å². The van der Waals surface area contributed by atoms with Crippen molar-refractivity contribution in [2.24, 2.45) is 0 Å². The van der Waals surface area contributed by atoms with Crippen LogP contribution in [0.15, 0.2) is 18.2 Å². The summed E-state index contributed by atoms with van der Waals surface area (Å²) >= 11 is 1.67. The highest BCUT2D eigenvalue weighted by molar-refractivity contribution is 7.11. The second-order valence-corrected chi connectivity index (χ2v) is 7.22. The van der Waals surface area contributed by atoms with E-state index in [9.17, 15) is 0 Å². The van der Waals surface area contributed by atoms with Gasteiger partial charge in [0.05, 0.1) is 6.04 Å². The lowest BCUT2D eigenvalue weighted by Crippen LogP contribution is -2.22. The van der Waals surface area contributed by atoms with Gasteiger partial charge in [-0.05, 0) is 63.1 Å². The molecule has 1 aromatic heterocycles. The molecule has 1 heterocycles. The van der Waals surface area contributed by atoms with Crippen LogP contribution in [0.25, 0.3) is 0 Å². The number of hydrogen-bond acceptors (Lipinski definition) is 4. The summed E-state index contributed by atoms with van der Waals surface area (Å²) in [5.41, 5.74) is 4.47. The standard InChI is InChI=1S/C17H23N3S/c1-11(18-12(2)17-20-19-13(3)21-17)15-9-8-14-6-4-5-7-16(14)10-15/h8-12,18H,4-7H2,1-3H3/t11-,12-/m0/s1. The zero-order valence-electron chi connectivity index (χ0n) is 13.0. The van der Waals surface area contributed by atoms with Crippen LogP contribution in [0.2, 0.25) is 0 Å². The van der Waals surface area contributed by atoms with Gasteiger partial charge in [-0.3, -0.25) is 0 Å². The molecule has 1 N–H and O–H groups in total. The number of aromatic nitrogens is 2. The molecule has 1 aliphatic carbocycles. The van der Waals surface area contributed by atoms with Crippen LogP contribution in [0.4, 0.5) is 0 Å². The van der Waals surface area contributed by atoms with Crippen LogP contribution in [-0.4, -0.2) is 10.2 Å². The van der Waals surface area contributed by atoms with E-state index < -0.39 is 0 Å². The first kappa shape index (κ1) is 14.7. The van der Waals surface area contributed by atoms with Crippen LogP contribution < -0.4 is 5.32 Å². The van der Waals surface area contributed by atoms with E-state index in [-0.39, 0.29) is 6.04 Å². The van der Waals surface area contributed by atoms with Gasteiger partial charge in [0.15, 0.2) is 0 Å². The molecule has 2 atom stereocenters. The van der Waals surface area contributed by atoms with Crippen LogP contribution in [-0.2, 0) is 12.8 Å². The molecule has 0 spiro atoms. The Morgan fingerprint density at radius 2 is 1.81 bits per heavy atom. The first-order valence-corrected chi connectivity index (χ1v) is 8.63. The Morgan fingerprint density at radius 3 is 2.52 bits per heavy atom. The van der Waals surface area contributed by atoms with E-state index in [0.717, 1.165) is 10.0 Å². The molecule has 3 rings (SSSR count). The SMILES string of the molecule is Cc1nnc([C@H](C)N[C@@H](C)c2ccc3c(c2)CCCC3)s1. The van der Waals surface area contributed by atoms with Crippen molar-refractivity contribution < 1.29 is 0 Å². The van der Waals surface area contributed by atoms with E-state index in [4.69, 9.17) is 0 Å². The highest BCUT2D eigenvalue weighted by Crippen LogP contribution is 2.26. The molecule has 1 aromatic carbocycles. The molecule has 0 radical (unpaired) electrons. The summed E-state index contributed by atoms with van der Waals surface area (Å²) in [5, 5.41) is 14.1. The van der Waals surface area contributed by atoms with Gasteiger partial charge in [-0.15, -0.1) is 21.5 Å². The summed E-state index contributed by atoms with van der Waals surface area (Å²) in [6.07, 6.45) is 5.16. The smallest absolute Gasteiger partial charge is 0.134 e. The highest BCUT2D eigenvalue weighted by atomic mass is 32.1. The van der Waals surface area contributed by atoms with Crippen molar-refractivity contribution >= 4 is 11.3 Å². The van der Waals surface area contributed by atoms with E-state index in [1.807, 2.05) is 6.92 Å². The van der Waals surface area contributed by atoms with E-state index in [2.05, 4.69) is 47.6 Å². The molecule has 0 unspecified atom stereocenters. The molecule has 0 saturated carbocycles. The number of rotatable bonds is 4. The molecule has 0 fully saturated rings. The Kier molecular flexibility index (Phi) is 4.36. The minimum Gasteiger partial charge on any atom is -0.301 e. The number of hydrogen-bond donors (Lipinski definition) is 1. The van der Waals surface area contributed by atoms with Crippen LogP contribution >= 0.6 is 11.3 Å². The molecular weight excluding hydrogens is 278 g/mol. The van der Waals surface area contributed by atoms with E-state index in [1.54, 1.807) is 22.5 Å².